The minimum atomic E-state index is -0.121. The molecule has 0 bridgehead atoms. The third-order valence-electron chi connectivity index (χ3n) is 3.30. The van der Waals surface area contributed by atoms with Crippen molar-refractivity contribution in [2.75, 3.05) is 0 Å². The maximum absolute atomic E-state index is 12.3. The number of thiocarbonyl (C=S) groups is 1. The molecule has 1 aromatic carbocycles. The lowest BCUT2D eigenvalue weighted by Gasteiger charge is -2.14. The third kappa shape index (κ3) is 3.68. The van der Waals surface area contributed by atoms with E-state index in [0.29, 0.717) is 16.1 Å². The van der Waals surface area contributed by atoms with Gasteiger partial charge in [0, 0.05) is 20.9 Å². The number of aryl methyl sites for hydroxylation is 2. The van der Waals surface area contributed by atoms with E-state index < -0.39 is 0 Å². The van der Waals surface area contributed by atoms with Crippen LogP contribution in [0, 0.1) is 13.8 Å². The fourth-order valence-corrected chi connectivity index (χ4v) is 3.40. The summed E-state index contributed by atoms with van der Waals surface area (Å²) in [6.07, 6.45) is 0. The van der Waals surface area contributed by atoms with Crippen molar-refractivity contribution in [2.45, 2.75) is 26.8 Å². The zero-order valence-corrected chi connectivity index (χ0v) is 13.9. The predicted molar refractivity (Wildman–Crippen MR) is 92.0 cm³/mol. The van der Waals surface area contributed by atoms with Gasteiger partial charge >= 0.3 is 0 Å². The number of nitrogens with two attached hydrogens (primary N) is 1. The molecule has 5 heteroatoms. The van der Waals surface area contributed by atoms with Crippen molar-refractivity contribution in [1.29, 1.82) is 0 Å². The number of carbonyl (C=O) groups is 1. The summed E-state index contributed by atoms with van der Waals surface area (Å²) < 4.78 is 0. The van der Waals surface area contributed by atoms with Crippen molar-refractivity contribution in [1.82, 2.24) is 5.32 Å². The second-order valence-corrected chi connectivity index (χ2v) is 6.91. The fraction of sp³-hybridized carbons (Fsp3) is 0.250. The van der Waals surface area contributed by atoms with E-state index in [1.807, 2.05) is 6.92 Å². The molecule has 1 heterocycles. The van der Waals surface area contributed by atoms with Gasteiger partial charge < -0.3 is 11.1 Å². The van der Waals surface area contributed by atoms with Gasteiger partial charge in [0.15, 0.2) is 0 Å². The lowest BCUT2D eigenvalue weighted by molar-refractivity contribution is 0.0940. The number of rotatable bonds is 4. The second-order valence-electron chi connectivity index (χ2n) is 5.01. The van der Waals surface area contributed by atoms with Crippen molar-refractivity contribution >= 4 is 34.5 Å². The topological polar surface area (TPSA) is 55.1 Å². The average Bonchev–Trinajstić information content (AvgIpc) is 2.77. The Balaban J connectivity index is 2.16. The van der Waals surface area contributed by atoms with E-state index in [-0.39, 0.29) is 11.9 Å². The second kappa shape index (κ2) is 6.37. The smallest absolute Gasteiger partial charge is 0.251 e. The molecule has 1 atom stereocenters. The van der Waals surface area contributed by atoms with Crippen LogP contribution in [-0.2, 0) is 0 Å². The number of amides is 1. The van der Waals surface area contributed by atoms with Crippen molar-refractivity contribution in [3.05, 3.63) is 56.8 Å². The maximum Gasteiger partial charge on any atom is 0.251 e. The highest BCUT2D eigenvalue weighted by Crippen LogP contribution is 2.26. The number of benzene rings is 1. The molecule has 0 aliphatic carbocycles. The Kier molecular flexibility index (Phi) is 4.75. The quantitative estimate of drug-likeness (QED) is 0.849. The van der Waals surface area contributed by atoms with E-state index >= 15 is 0 Å². The van der Waals surface area contributed by atoms with Crippen molar-refractivity contribution in [2.24, 2.45) is 5.73 Å². The van der Waals surface area contributed by atoms with Crippen LogP contribution in [0.15, 0.2) is 30.3 Å². The first-order valence-electron chi connectivity index (χ1n) is 6.66. The van der Waals surface area contributed by atoms with Gasteiger partial charge in [0.1, 0.15) is 4.99 Å². The first kappa shape index (κ1) is 15.7. The third-order valence-corrected chi connectivity index (χ3v) is 4.52. The summed E-state index contributed by atoms with van der Waals surface area (Å²) in [6, 6.07) is 9.15. The van der Waals surface area contributed by atoms with Gasteiger partial charge in [0.05, 0.1) is 6.04 Å². The zero-order chi connectivity index (χ0) is 15.6. The fourth-order valence-electron chi connectivity index (χ4n) is 2.25. The molecule has 0 spiro atoms. The largest absolute Gasteiger partial charge is 0.389 e. The van der Waals surface area contributed by atoms with Crippen LogP contribution in [0.5, 0.6) is 0 Å². The summed E-state index contributed by atoms with van der Waals surface area (Å²) in [5.41, 5.74) is 8.03. The molecule has 2 rings (SSSR count). The van der Waals surface area contributed by atoms with Crippen LogP contribution in [0.3, 0.4) is 0 Å². The Hall–Kier alpha value is -1.72. The Morgan fingerprint density at radius 2 is 1.95 bits per heavy atom. The van der Waals surface area contributed by atoms with Gasteiger partial charge in [-0.05, 0) is 44.5 Å². The highest BCUT2D eigenvalue weighted by atomic mass is 32.1. The van der Waals surface area contributed by atoms with Crippen LogP contribution in [-0.4, -0.2) is 10.9 Å². The number of thiophene rings is 1. The van der Waals surface area contributed by atoms with Crippen LogP contribution < -0.4 is 11.1 Å². The van der Waals surface area contributed by atoms with E-state index in [4.69, 9.17) is 18.0 Å². The lowest BCUT2D eigenvalue weighted by atomic mass is 10.1. The molecule has 2 aromatic rings. The van der Waals surface area contributed by atoms with Gasteiger partial charge in [0.2, 0.25) is 0 Å². The molecule has 0 radical (unpaired) electrons. The van der Waals surface area contributed by atoms with Crippen molar-refractivity contribution in [3.63, 3.8) is 0 Å². The molecule has 21 heavy (non-hydrogen) atoms. The van der Waals surface area contributed by atoms with Crippen molar-refractivity contribution < 1.29 is 4.79 Å². The Morgan fingerprint density at radius 3 is 2.52 bits per heavy atom. The summed E-state index contributed by atoms with van der Waals surface area (Å²) in [5, 5.41) is 3.02. The van der Waals surface area contributed by atoms with Gasteiger partial charge in [-0.3, -0.25) is 4.79 Å². The number of carbonyl (C=O) groups excluding carboxylic acids is 1. The van der Waals surface area contributed by atoms with Gasteiger partial charge in [-0.25, -0.2) is 0 Å². The van der Waals surface area contributed by atoms with Gasteiger partial charge in [0.25, 0.3) is 5.91 Å². The van der Waals surface area contributed by atoms with E-state index in [0.717, 1.165) is 5.56 Å². The Labute approximate surface area is 134 Å². The molecule has 3 N–H and O–H groups in total. The van der Waals surface area contributed by atoms with Crippen LogP contribution >= 0.6 is 23.6 Å². The number of hydrogen-bond acceptors (Lipinski definition) is 3. The molecule has 3 nitrogen and oxygen atoms in total. The summed E-state index contributed by atoms with van der Waals surface area (Å²) in [4.78, 5) is 15.1. The molecule has 0 saturated heterocycles. The summed E-state index contributed by atoms with van der Waals surface area (Å²) in [7, 11) is 0. The minimum Gasteiger partial charge on any atom is -0.389 e. The highest BCUT2D eigenvalue weighted by Gasteiger charge is 2.15. The standard InChI is InChI=1S/C16H18N2OS2/c1-9-7-14(11(3)21-9)10(2)18-16(19)13-6-4-5-12(8-13)15(17)20/h4-8,10H,1-3H3,(H2,17,20)(H,18,19). The molecular formula is C16H18N2OS2. The molecule has 0 saturated carbocycles. The molecule has 1 amide bonds. The van der Waals surface area contributed by atoms with Gasteiger partial charge in [-0.2, -0.15) is 0 Å². The molecular weight excluding hydrogens is 300 g/mol. The Morgan fingerprint density at radius 1 is 1.29 bits per heavy atom. The van der Waals surface area contributed by atoms with Crippen LogP contribution in [0.1, 0.15) is 44.2 Å². The monoisotopic (exact) mass is 318 g/mol. The minimum absolute atomic E-state index is 0.0315. The molecule has 0 fully saturated rings. The zero-order valence-electron chi connectivity index (χ0n) is 12.3. The van der Waals surface area contributed by atoms with Crippen LogP contribution in [0.2, 0.25) is 0 Å². The summed E-state index contributed by atoms with van der Waals surface area (Å²) in [6.45, 7) is 6.13. The Bertz CT molecular complexity index is 691. The number of hydrogen-bond donors (Lipinski definition) is 2. The maximum atomic E-state index is 12.3. The van der Waals surface area contributed by atoms with Gasteiger partial charge in [-0.15, -0.1) is 11.3 Å². The highest BCUT2D eigenvalue weighted by molar-refractivity contribution is 7.80. The van der Waals surface area contributed by atoms with Crippen LogP contribution in [0.25, 0.3) is 0 Å². The van der Waals surface area contributed by atoms with E-state index in [9.17, 15) is 4.79 Å². The normalized spacial score (nSPS) is 12.0. The van der Waals surface area contributed by atoms with E-state index in [2.05, 4.69) is 25.2 Å². The molecule has 110 valence electrons. The van der Waals surface area contributed by atoms with Crippen LogP contribution in [0.4, 0.5) is 0 Å². The molecule has 1 unspecified atom stereocenters. The van der Waals surface area contributed by atoms with Crippen molar-refractivity contribution in [3.8, 4) is 0 Å². The van der Waals surface area contributed by atoms with Gasteiger partial charge in [-0.1, -0.05) is 24.4 Å². The molecule has 0 aliphatic rings. The molecule has 0 aliphatic heterocycles. The number of nitrogens with one attached hydrogen (secondary N) is 1. The summed E-state index contributed by atoms with van der Waals surface area (Å²) >= 11 is 6.68. The first-order chi connectivity index (χ1) is 9.88. The summed E-state index contributed by atoms with van der Waals surface area (Å²) in [5.74, 6) is -0.121. The lowest BCUT2D eigenvalue weighted by Crippen LogP contribution is -2.27. The van der Waals surface area contributed by atoms with E-state index in [1.54, 1.807) is 35.6 Å². The predicted octanol–water partition coefficient (Wildman–Crippen LogP) is 3.49. The van der Waals surface area contributed by atoms with E-state index in [1.165, 1.54) is 9.75 Å². The SMILES string of the molecule is Cc1cc(C(C)NC(=O)c2cccc(C(N)=S)c2)c(C)s1. The molecule has 1 aromatic heterocycles. The average molecular weight is 318 g/mol. The first-order valence-corrected chi connectivity index (χ1v) is 7.88.